The molecule has 2 fully saturated rings. The van der Waals surface area contributed by atoms with Gasteiger partial charge in [0.1, 0.15) is 0 Å². The fourth-order valence-corrected chi connectivity index (χ4v) is 3.31. The molecule has 0 amide bonds. The average molecular weight is 225 g/mol. The molecule has 3 nitrogen and oxygen atoms in total. The highest BCUT2D eigenvalue weighted by atomic mass is 15.2. The molecule has 0 radical (unpaired) electrons. The molecule has 0 aromatic rings. The third-order valence-electron chi connectivity index (χ3n) is 4.37. The van der Waals surface area contributed by atoms with E-state index in [0.29, 0.717) is 6.04 Å². The van der Waals surface area contributed by atoms with Crippen molar-refractivity contribution in [3.05, 3.63) is 0 Å². The monoisotopic (exact) mass is 225 g/mol. The van der Waals surface area contributed by atoms with Crippen LogP contribution >= 0.6 is 0 Å². The van der Waals surface area contributed by atoms with Gasteiger partial charge in [-0.1, -0.05) is 12.8 Å². The van der Waals surface area contributed by atoms with Gasteiger partial charge in [-0.15, -0.1) is 0 Å². The predicted molar refractivity (Wildman–Crippen MR) is 68.5 cm³/mol. The minimum absolute atomic E-state index is 0.688. The molecule has 1 aliphatic heterocycles. The summed E-state index contributed by atoms with van der Waals surface area (Å²) in [4.78, 5) is 5.26. The van der Waals surface area contributed by atoms with E-state index < -0.39 is 0 Å². The Kier molecular flexibility index (Phi) is 4.62. The van der Waals surface area contributed by atoms with Crippen molar-refractivity contribution >= 4 is 0 Å². The highest BCUT2D eigenvalue weighted by Gasteiger charge is 2.28. The quantitative estimate of drug-likeness (QED) is 0.785. The van der Waals surface area contributed by atoms with Crippen molar-refractivity contribution in [3.8, 4) is 0 Å². The van der Waals surface area contributed by atoms with Crippen LogP contribution in [0.5, 0.6) is 0 Å². The highest BCUT2D eigenvalue weighted by Crippen LogP contribution is 2.25. The van der Waals surface area contributed by atoms with Crippen molar-refractivity contribution in [2.75, 3.05) is 33.2 Å². The third kappa shape index (κ3) is 2.96. The van der Waals surface area contributed by atoms with E-state index in [1.54, 1.807) is 0 Å². The van der Waals surface area contributed by atoms with Crippen molar-refractivity contribution in [2.24, 2.45) is 5.73 Å². The third-order valence-corrected chi connectivity index (χ3v) is 4.37. The fourth-order valence-electron chi connectivity index (χ4n) is 3.31. The molecule has 0 spiro atoms. The molecule has 1 unspecified atom stereocenters. The number of hydrogen-bond donors (Lipinski definition) is 1. The summed E-state index contributed by atoms with van der Waals surface area (Å²) in [5.74, 6) is 0. The Morgan fingerprint density at radius 3 is 2.56 bits per heavy atom. The van der Waals surface area contributed by atoms with Crippen molar-refractivity contribution in [1.82, 2.24) is 9.80 Å². The van der Waals surface area contributed by atoms with Crippen LogP contribution < -0.4 is 5.73 Å². The van der Waals surface area contributed by atoms with Crippen LogP contribution in [0.1, 0.15) is 38.5 Å². The molecule has 1 heterocycles. The van der Waals surface area contributed by atoms with Crippen LogP contribution in [-0.4, -0.2) is 55.1 Å². The van der Waals surface area contributed by atoms with Gasteiger partial charge in [0.15, 0.2) is 0 Å². The number of hydrogen-bond acceptors (Lipinski definition) is 3. The van der Waals surface area contributed by atoms with Gasteiger partial charge < -0.3 is 10.6 Å². The van der Waals surface area contributed by atoms with Crippen molar-refractivity contribution in [3.63, 3.8) is 0 Å². The van der Waals surface area contributed by atoms with Crippen LogP contribution in [0.2, 0.25) is 0 Å². The molecule has 1 aliphatic carbocycles. The maximum atomic E-state index is 5.73. The van der Waals surface area contributed by atoms with E-state index >= 15 is 0 Å². The fraction of sp³-hybridized carbons (Fsp3) is 1.00. The zero-order valence-corrected chi connectivity index (χ0v) is 10.7. The van der Waals surface area contributed by atoms with Gasteiger partial charge in [-0.05, 0) is 52.4 Å². The zero-order chi connectivity index (χ0) is 11.4. The Bertz CT molecular complexity index is 201. The molecule has 0 aromatic heterocycles. The molecule has 0 bridgehead atoms. The summed E-state index contributed by atoms with van der Waals surface area (Å²) in [6.45, 7) is 4.62. The summed E-state index contributed by atoms with van der Waals surface area (Å²) in [6, 6.07) is 1.57. The van der Waals surface area contributed by atoms with Gasteiger partial charge in [0.25, 0.3) is 0 Å². The summed E-state index contributed by atoms with van der Waals surface area (Å²) < 4.78 is 0. The van der Waals surface area contributed by atoms with Crippen LogP contribution in [0.3, 0.4) is 0 Å². The number of rotatable bonds is 3. The van der Waals surface area contributed by atoms with E-state index in [1.807, 2.05) is 0 Å². The van der Waals surface area contributed by atoms with E-state index in [4.69, 9.17) is 5.73 Å². The predicted octanol–water partition coefficient (Wildman–Crippen LogP) is 1.28. The SMILES string of the molecule is CN1CCCN(C2CCCC2)CC1CCN. The normalized spacial score (nSPS) is 30.8. The van der Waals surface area contributed by atoms with Crippen molar-refractivity contribution < 1.29 is 0 Å². The summed E-state index contributed by atoms with van der Waals surface area (Å²) in [5.41, 5.74) is 5.73. The Labute approximate surface area is 100.0 Å². The summed E-state index contributed by atoms with van der Waals surface area (Å²) in [5, 5.41) is 0. The number of nitrogens with zero attached hydrogens (tertiary/aromatic N) is 2. The topological polar surface area (TPSA) is 32.5 Å². The summed E-state index contributed by atoms with van der Waals surface area (Å²) >= 11 is 0. The highest BCUT2D eigenvalue weighted by molar-refractivity contribution is 4.84. The molecule has 1 saturated carbocycles. The van der Waals surface area contributed by atoms with Crippen LogP contribution in [0.15, 0.2) is 0 Å². The largest absolute Gasteiger partial charge is 0.330 e. The molecule has 2 rings (SSSR count). The van der Waals surface area contributed by atoms with Gasteiger partial charge in [0.2, 0.25) is 0 Å². The van der Waals surface area contributed by atoms with Crippen LogP contribution in [0.25, 0.3) is 0 Å². The lowest BCUT2D eigenvalue weighted by Gasteiger charge is -2.32. The second-order valence-corrected chi connectivity index (χ2v) is 5.50. The van der Waals surface area contributed by atoms with Crippen molar-refractivity contribution in [2.45, 2.75) is 50.6 Å². The summed E-state index contributed by atoms with van der Waals surface area (Å²) in [6.07, 6.45) is 8.23. The molecule has 16 heavy (non-hydrogen) atoms. The van der Waals surface area contributed by atoms with E-state index in [2.05, 4.69) is 16.8 Å². The van der Waals surface area contributed by atoms with E-state index in [1.165, 1.54) is 51.7 Å². The molecule has 94 valence electrons. The van der Waals surface area contributed by atoms with Gasteiger partial charge >= 0.3 is 0 Å². The van der Waals surface area contributed by atoms with Crippen LogP contribution in [0.4, 0.5) is 0 Å². The second-order valence-electron chi connectivity index (χ2n) is 5.50. The van der Waals surface area contributed by atoms with E-state index in [0.717, 1.165) is 19.0 Å². The zero-order valence-electron chi connectivity index (χ0n) is 10.7. The maximum absolute atomic E-state index is 5.73. The lowest BCUT2D eigenvalue weighted by atomic mass is 10.1. The standard InChI is InChI=1S/C13H27N3/c1-15-9-4-10-16(11-13(15)7-8-14)12-5-2-3-6-12/h12-13H,2-11,14H2,1H3. The maximum Gasteiger partial charge on any atom is 0.0232 e. The van der Waals surface area contributed by atoms with Crippen LogP contribution in [0, 0.1) is 0 Å². The molecule has 0 aromatic carbocycles. The first-order valence-electron chi connectivity index (χ1n) is 6.95. The molecular weight excluding hydrogens is 198 g/mol. The van der Waals surface area contributed by atoms with Crippen molar-refractivity contribution in [1.29, 1.82) is 0 Å². The van der Waals surface area contributed by atoms with Gasteiger partial charge in [-0.3, -0.25) is 4.90 Å². The van der Waals surface area contributed by atoms with Gasteiger partial charge in [0, 0.05) is 18.6 Å². The molecule has 2 aliphatic rings. The Morgan fingerprint density at radius 1 is 1.12 bits per heavy atom. The lowest BCUT2D eigenvalue weighted by molar-refractivity contribution is 0.162. The first-order chi connectivity index (χ1) is 7.81. The minimum Gasteiger partial charge on any atom is -0.330 e. The minimum atomic E-state index is 0.688. The van der Waals surface area contributed by atoms with E-state index in [9.17, 15) is 0 Å². The first-order valence-corrected chi connectivity index (χ1v) is 6.95. The number of likely N-dealkylation sites (N-methyl/N-ethyl adjacent to an activating group) is 1. The average Bonchev–Trinajstić information content (AvgIpc) is 2.74. The molecule has 2 N–H and O–H groups in total. The molecular formula is C13H27N3. The van der Waals surface area contributed by atoms with Gasteiger partial charge in [-0.25, -0.2) is 0 Å². The van der Waals surface area contributed by atoms with Gasteiger partial charge in [-0.2, -0.15) is 0 Å². The Morgan fingerprint density at radius 2 is 1.88 bits per heavy atom. The molecule has 1 atom stereocenters. The molecule has 3 heteroatoms. The number of nitrogens with two attached hydrogens (primary N) is 1. The van der Waals surface area contributed by atoms with Crippen LogP contribution in [-0.2, 0) is 0 Å². The Balaban J connectivity index is 1.92. The van der Waals surface area contributed by atoms with Gasteiger partial charge in [0.05, 0.1) is 0 Å². The molecule has 1 saturated heterocycles. The lowest BCUT2D eigenvalue weighted by Crippen LogP contribution is -2.43. The van der Waals surface area contributed by atoms with E-state index in [-0.39, 0.29) is 0 Å². The smallest absolute Gasteiger partial charge is 0.0232 e. The summed E-state index contributed by atoms with van der Waals surface area (Å²) in [7, 11) is 2.26. The Hall–Kier alpha value is -0.120. The second kappa shape index (κ2) is 5.99. The first kappa shape index (κ1) is 12.3.